The number of hydroxylamine groups is 1. The quantitative estimate of drug-likeness (QED) is 0.445. The molecule has 1 amide bonds. The number of carbonyl (C=O) groups is 1. The van der Waals surface area contributed by atoms with Gasteiger partial charge in [-0.3, -0.25) is 10.0 Å². The number of sulfonamides is 1. The van der Waals surface area contributed by atoms with E-state index < -0.39 is 33.5 Å². The van der Waals surface area contributed by atoms with Crippen molar-refractivity contribution >= 4 is 15.9 Å². The highest BCUT2D eigenvalue weighted by Crippen LogP contribution is 2.38. The van der Waals surface area contributed by atoms with Crippen LogP contribution in [0.2, 0.25) is 0 Å². The van der Waals surface area contributed by atoms with Crippen LogP contribution in [0.4, 0.5) is 4.39 Å². The molecule has 32 heavy (non-hydrogen) atoms. The molecule has 1 unspecified atom stereocenters. The molecule has 0 aromatic heterocycles. The zero-order valence-electron chi connectivity index (χ0n) is 18.1. The maximum absolute atomic E-state index is 13.3. The third kappa shape index (κ3) is 4.93. The van der Waals surface area contributed by atoms with Crippen LogP contribution in [0, 0.1) is 18.2 Å². The molecule has 1 saturated heterocycles. The van der Waals surface area contributed by atoms with Crippen molar-refractivity contribution in [2.45, 2.75) is 50.8 Å². The van der Waals surface area contributed by atoms with Gasteiger partial charge in [-0.2, -0.15) is 4.31 Å². The first-order chi connectivity index (χ1) is 15.0. The number of ether oxygens (including phenoxy) is 1. The molecule has 3 rings (SSSR count). The maximum Gasteiger partial charge on any atom is 0.262 e. The lowest BCUT2D eigenvalue weighted by molar-refractivity contribution is -0.140. The van der Waals surface area contributed by atoms with Crippen LogP contribution in [0.25, 0.3) is 0 Å². The summed E-state index contributed by atoms with van der Waals surface area (Å²) in [6.45, 7) is 5.00. The fourth-order valence-electron chi connectivity index (χ4n) is 4.10. The Kier molecular flexibility index (Phi) is 6.89. The van der Waals surface area contributed by atoms with Gasteiger partial charge in [-0.1, -0.05) is 19.9 Å². The predicted octanol–water partition coefficient (Wildman–Crippen LogP) is 2.37. The summed E-state index contributed by atoms with van der Waals surface area (Å²) in [6.07, 6.45) is -0.753. The molecule has 3 N–H and O–H groups in total. The Labute approximate surface area is 186 Å². The number of piperidine rings is 1. The first kappa shape index (κ1) is 24.1. The number of hydrogen-bond acceptors (Lipinski definition) is 6. The second-order valence-electron chi connectivity index (χ2n) is 8.63. The third-order valence-corrected chi connectivity index (χ3v) is 7.51. The smallest absolute Gasteiger partial charge is 0.262 e. The second kappa shape index (κ2) is 9.14. The molecule has 2 aromatic rings. The second-order valence-corrected chi connectivity index (χ2v) is 10.5. The van der Waals surface area contributed by atoms with Crippen LogP contribution in [0.5, 0.6) is 5.75 Å². The monoisotopic (exact) mass is 466 g/mol. The van der Waals surface area contributed by atoms with E-state index in [1.165, 1.54) is 41.9 Å². The lowest BCUT2D eigenvalue weighted by Crippen LogP contribution is -2.62. The van der Waals surface area contributed by atoms with Crippen LogP contribution in [0.1, 0.15) is 31.4 Å². The Balaban J connectivity index is 1.82. The Morgan fingerprint density at radius 3 is 2.50 bits per heavy atom. The molecule has 174 valence electrons. The summed E-state index contributed by atoms with van der Waals surface area (Å²) in [5, 5.41) is 19.4. The molecule has 10 heteroatoms. The standard InChI is InChI=1S/C22H27FN2O6S/c1-14-10-16(23)5-4-15(14)13-31-18-6-8-19(9-7-18)32(29,30)25-12-17(26)11-22(2,3)20(25)21(27)24-28/h4-10,17,20,26,28H,11-13H2,1-3H3,(H,24,27)/t17-,20?/m1/s1. The highest BCUT2D eigenvalue weighted by Gasteiger charge is 2.50. The summed E-state index contributed by atoms with van der Waals surface area (Å²) in [5.41, 5.74) is 2.17. The van der Waals surface area contributed by atoms with Gasteiger partial charge in [0.1, 0.15) is 24.2 Å². The lowest BCUT2D eigenvalue weighted by Gasteiger charge is -2.45. The molecule has 0 bridgehead atoms. The SMILES string of the molecule is Cc1cc(F)ccc1COc1ccc(S(=O)(=O)N2C[C@H](O)CC(C)(C)C2C(=O)NO)cc1. The summed E-state index contributed by atoms with van der Waals surface area (Å²) < 4.78 is 46.4. The number of aliphatic hydroxyl groups excluding tert-OH is 1. The van der Waals surface area contributed by atoms with Gasteiger partial charge in [-0.25, -0.2) is 18.3 Å². The largest absolute Gasteiger partial charge is 0.489 e. The fraction of sp³-hybridized carbons (Fsp3) is 0.409. The van der Waals surface area contributed by atoms with E-state index in [-0.39, 0.29) is 30.3 Å². The van der Waals surface area contributed by atoms with Crippen molar-refractivity contribution in [2.75, 3.05) is 6.54 Å². The predicted molar refractivity (Wildman–Crippen MR) is 114 cm³/mol. The van der Waals surface area contributed by atoms with Crippen LogP contribution in [0.15, 0.2) is 47.4 Å². The third-order valence-electron chi connectivity index (χ3n) is 5.67. The van der Waals surface area contributed by atoms with Gasteiger partial charge in [0.25, 0.3) is 5.91 Å². The van der Waals surface area contributed by atoms with E-state index in [9.17, 15) is 22.7 Å². The number of halogens is 1. The summed E-state index contributed by atoms with van der Waals surface area (Å²) in [7, 11) is -4.16. The van der Waals surface area contributed by atoms with Gasteiger partial charge in [-0.05, 0) is 66.3 Å². The van der Waals surface area contributed by atoms with E-state index in [1.807, 2.05) is 0 Å². The van der Waals surface area contributed by atoms with Gasteiger partial charge in [0.05, 0.1) is 11.0 Å². The molecule has 8 nitrogen and oxygen atoms in total. The van der Waals surface area contributed by atoms with Crippen LogP contribution >= 0.6 is 0 Å². The van der Waals surface area contributed by atoms with E-state index >= 15 is 0 Å². The molecule has 1 aliphatic heterocycles. The van der Waals surface area contributed by atoms with E-state index in [4.69, 9.17) is 9.94 Å². The average molecular weight is 467 g/mol. The van der Waals surface area contributed by atoms with Gasteiger partial charge >= 0.3 is 0 Å². The Bertz CT molecular complexity index is 1090. The van der Waals surface area contributed by atoms with Crippen molar-refractivity contribution in [3.8, 4) is 5.75 Å². The molecule has 0 saturated carbocycles. The van der Waals surface area contributed by atoms with Crippen LogP contribution < -0.4 is 10.2 Å². The zero-order valence-corrected chi connectivity index (χ0v) is 18.9. The molecule has 2 aromatic carbocycles. The minimum absolute atomic E-state index is 0.0801. The molecule has 0 spiro atoms. The van der Waals surface area contributed by atoms with Gasteiger partial charge in [0.2, 0.25) is 10.0 Å². The normalized spacial score (nSPS) is 21.2. The topological polar surface area (TPSA) is 116 Å². The molecule has 2 atom stereocenters. The summed E-state index contributed by atoms with van der Waals surface area (Å²) in [6, 6.07) is 8.85. The van der Waals surface area contributed by atoms with Gasteiger partial charge in [0.15, 0.2) is 0 Å². The van der Waals surface area contributed by atoms with Crippen molar-refractivity contribution < 1.29 is 32.7 Å². The van der Waals surface area contributed by atoms with E-state index in [2.05, 4.69) is 0 Å². The van der Waals surface area contributed by atoms with Crippen molar-refractivity contribution in [3.05, 3.63) is 59.4 Å². The van der Waals surface area contributed by atoms with Gasteiger partial charge in [-0.15, -0.1) is 0 Å². The minimum atomic E-state index is -4.16. The number of nitrogens with zero attached hydrogens (tertiary/aromatic N) is 1. The number of β-amino-alcohol motifs (C(OH)–C–C–N with tert-alkyl or cyclic N) is 1. The number of hydrogen-bond donors (Lipinski definition) is 3. The molecule has 1 aliphatic rings. The van der Waals surface area contributed by atoms with Gasteiger partial charge in [0, 0.05) is 6.54 Å². The first-order valence-corrected chi connectivity index (χ1v) is 11.5. The van der Waals surface area contributed by atoms with Crippen LogP contribution in [-0.2, 0) is 21.4 Å². The number of rotatable bonds is 6. The fourth-order valence-corrected chi connectivity index (χ4v) is 5.87. The number of nitrogens with one attached hydrogen (secondary N) is 1. The highest BCUT2D eigenvalue weighted by molar-refractivity contribution is 7.89. The summed E-state index contributed by atoms with van der Waals surface area (Å²) in [4.78, 5) is 12.2. The minimum Gasteiger partial charge on any atom is -0.489 e. The van der Waals surface area contributed by atoms with Crippen molar-refractivity contribution in [3.63, 3.8) is 0 Å². The maximum atomic E-state index is 13.3. The van der Waals surface area contributed by atoms with Crippen LogP contribution in [-0.4, -0.2) is 47.6 Å². The lowest BCUT2D eigenvalue weighted by atomic mass is 9.76. The number of amides is 1. The Hall–Kier alpha value is -2.53. The molecule has 0 aliphatic carbocycles. The first-order valence-electron chi connectivity index (χ1n) is 10.1. The van der Waals surface area contributed by atoms with E-state index in [0.29, 0.717) is 5.75 Å². The highest BCUT2D eigenvalue weighted by atomic mass is 32.2. The van der Waals surface area contributed by atoms with Crippen molar-refractivity contribution in [1.29, 1.82) is 0 Å². The van der Waals surface area contributed by atoms with Gasteiger partial charge < -0.3 is 9.84 Å². The molecule has 1 fully saturated rings. The van der Waals surface area contributed by atoms with E-state index in [1.54, 1.807) is 26.8 Å². The summed E-state index contributed by atoms with van der Waals surface area (Å²) >= 11 is 0. The van der Waals surface area contributed by atoms with Crippen molar-refractivity contribution in [2.24, 2.45) is 5.41 Å². The number of aliphatic hydroxyl groups is 1. The number of benzene rings is 2. The zero-order chi connectivity index (χ0) is 23.7. The van der Waals surface area contributed by atoms with Crippen molar-refractivity contribution in [1.82, 2.24) is 9.79 Å². The molecular formula is C22H27FN2O6S. The number of aryl methyl sites for hydroxylation is 1. The summed E-state index contributed by atoms with van der Waals surface area (Å²) in [5.74, 6) is -0.781. The molecular weight excluding hydrogens is 439 g/mol. The molecule has 0 radical (unpaired) electrons. The molecule has 1 heterocycles. The Morgan fingerprint density at radius 1 is 1.25 bits per heavy atom. The number of carbonyl (C=O) groups excluding carboxylic acids is 1. The van der Waals surface area contributed by atoms with E-state index in [0.717, 1.165) is 15.4 Å². The Morgan fingerprint density at radius 2 is 1.91 bits per heavy atom. The van der Waals surface area contributed by atoms with Crippen LogP contribution in [0.3, 0.4) is 0 Å². The average Bonchev–Trinajstić information content (AvgIpc) is 2.71.